The second kappa shape index (κ2) is 9.72. The van der Waals surface area contributed by atoms with Gasteiger partial charge in [-0.3, -0.25) is 9.59 Å². The largest absolute Gasteiger partial charge is 0.326 e. The number of aromatic nitrogens is 1. The summed E-state index contributed by atoms with van der Waals surface area (Å²) in [6.07, 6.45) is 4.08. The van der Waals surface area contributed by atoms with Crippen LogP contribution in [-0.4, -0.2) is 22.6 Å². The van der Waals surface area contributed by atoms with E-state index in [0.717, 1.165) is 23.4 Å². The Labute approximate surface area is 146 Å². The number of nitrogens with one attached hydrogen (secondary N) is 2. The van der Waals surface area contributed by atoms with Crippen LogP contribution in [0.15, 0.2) is 53.6 Å². The number of carbonyl (C=O) groups excluding carboxylic acids is 2. The Morgan fingerprint density at radius 2 is 1.83 bits per heavy atom. The molecular formula is C18H21N3O2S. The Morgan fingerprint density at radius 1 is 1.04 bits per heavy atom. The fourth-order valence-electron chi connectivity index (χ4n) is 1.96. The topological polar surface area (TPSA) is 71.1 Å². The van der Waals surface area contributed by atoms with E-state index in [4.69, 9.17) is 0 Å². The molecule has 2 rings (SSSR count). The minimum absolute atomic E-state index is 0.0343. The standard InChI is InChI=1S/C18H21N3O2S/c1-2-3-7-17(22)20-14-8-10-15(11-9-14)24-13-18(23)21-16-6-4-5-12-19-16/h4-6,8-12H,2-3,7,13H2,1H3,(H,20,22)(H,19,21,23). The molecule has 5 nitrogen and oxygen atoms in total. The lowest BCUT2D eigenvalue weighted by molar-refractivity contribution is -0.116. The van der Waals surface area contributed by atoms with Crippen molar-refractivity contribution in [1.82, 2.24) is 4.98 Å². The number of benzene rings is 1. The second-order valence-corrected chi connectivity index (χ2v) is 6.28. The van der Waals surface area contributed by atoms with Crippen molar-refractivity contribution in [3.63, 3.8) is 0 Å². The summed E-state index contributed by atoms with van der Waals surface area (Å²) in [5, 5.41) is 5.61. The third-order valence-electron chi connectivity index (χ3n) is 3.20. The highest BCUT2D eigenvalue weighted by Crippen LogP contribution is 2.20. The molecule has 0 atom stereocenters. The zero-order valence-electron chi connectivity index (χ0n) is 13.6. The number of amides is 2. The fraction of sp³-hybridized carbons (Fsp3) is 0.278. The van der Waals surface area contributed by atoms with Crippen LogP contribution in [-0.2, 0) is 9.59 Å². The Hall–Kier alpha value is -2.34. The first-order valence-corrected chi connectivity index (χ1v) is 8.89. The van der Waals surface area contributed by atoms with Crippen LogP contribution in [0.3, 0.4) is 0 Å². The van der Waals surface area contributed by atoms with Gasteiger partial charge in [-0.05, 0) is 42.8 Å². The lowest BCUT2D eigenvalue weighted by Gasteiger charge is -2.07. The highest BCUT2D eigenvalue weighted by atomic mass is 32.2. The van der Waals surface area contributed by atoms with E-state index in [1.807, 2.05) is 30.3 Å². The number of anilines is 2. The summed E-state index contributed by atoms with van der Waals surface area (Å²) in [6.45, 7) is 2.06. The number of thioether (sulfide) groups is 1. The van der Waals surface area contributed by atoms with E-state index >= 15 is 0 Å². The van der Waals surface area contributed by atoms with Gasteiger partial charge < -0.3 is 10.6 Å². The summed E-state index contributed by atoms with van der Waals surface area (Å²) in [5.41, 5.74) is 0.776. The van der Waals surface area contributed by atoms with E-state index in [1.165, 1.54) is 11.8 Å². The third kappa shape index (κ3) is 6.42. The first-order valence-electron chi connectivity index (χ1n) is 7.91. The molecule has 2 amide bonds. The van der Waals surface area contributed by atoms with Crippen molar-refractivity contribution < 1.29 is 9.59 Å². The van der Waals surface area contributed by atoms with Gasteiger partial charge in [0.15, 0.2) is 0 Å². The van der Waals surface area contributed by atoms with Crippen molar-refractivity contribution in [2.24, 2.45) is 0 Å². The lowest BCUT2D eigenvalue weighted by Crippen LogP contribution is -2.14. The average Bonchev–Trinajstić information content (AvgIpc) is 2.60. The van der Waals surface area contributed by atoms with Gasteiger partial charge in [0, 0.05) is 23.2 Å². The molecular weight excluding hydrogens is 322 g/mol. The molecule has 0 aliphatic rings. The van der Waals surface area contributed by atoms with Crippen molar-refractivity contribution in [3.05, 3.63) is 48.7 Å². The monoisotopic (exact) mass is 343 g/mol. The molecule has 0 bridgehead atoms. The molecule has 0 spiro atoms. The molecule has 1 aromatic heterocycles. The van der Waals surface area contributed by atoms with Crippen LogP contribution in [0.4, 0.5) is 11.5 Å². The molecule has 0 aliphatic heterocycles. The minimum atomic E-state index is -0.101. The Balaban J connectivity index is 1.77. The molecule has 0 fully saturated rings. The summed E-state index contributed by atoms with van der Waals surface area (Å²) in [7, 11) is 0. The van der Waals surface area contributed by atoms with Gasteiger partial charge in [-0.1, -0.05) is 19.4 Å². The van der Waals surface area contributed by atoms with Crippen LogP contribution in [0.5, 0.6) is 0 Å². The summed E-state index contributed by atoms with van der Waals surface area (Å²) in [5.74, 6) is 0.787. The summed E-state index contributed by atoms with van der Waals surface area (Å²) in [6, 6.07) is 12.9. The highest BCUT2D eigenvalue weighted by molar-refractivity contribution is 8.00. The first-order chi connectivity index (χ1) is 11.7. The Kier molecular flexibility index (Phi) is 7.29. The zero-order chi connectivity index (χ0) is 17.2. The normalized spacial score (nSPS) is 10.2. The number of hydrogen-bond acceptors (Lipinski definition) is 4. The van der Waals surface area contributed by atoms with Gasteiger partial charge >= 0.3 is 0 Å². The van der Waals surface area contributed by atoms with Crippen LogP contribution in [0.2, 0.25) is 0 Å². The number of unbranched alkanes of at least 4 members (excludes halogenated alkanes) is 1. The van der Waals surface area contributed by atoms with E-state index < -0.39 is 0 Å². The number of carbonyl (C=O) groups is 2. The Bertz CT molecular complexity index is 660. The van der Waals surface area contributed by atoms with Gasteiger partial charge in [0.05, 0.1) is 5.75 Å². The van der Waals surface area contributed by atoms with Gasteiger partial charge in [-0.25, -0.2) is 4.98 Å². The van der Waals surface area contributed by atoms with Crippen LogP contribution >= 0.6 is 11.8 Å². The lowest BCUT2D eigenvalue weighted by atomic mass is 10.2. The van der Waals surface area contributed by atoms with E-state index in [9.17, 15) is 9.59 Å². The predicted molar refractivity (Wildman–Crippen MR) is 98.2 cm³/mol. The highest BCUT2D eigenvalue weighted by Gasteiger charge is 2.05. The maximum atomic E-state index is 11.9. The van der Waals surface area contributed by atoms with E-state index in [2.05, 4.69) is 22.5 Å². The smallest absolute Gasteiger partial charge is 0.235 e. The van der Waals surface area contributed by atoms with Crippen molar-refractivity contribution in [2.45, 2.75) is 31.1 Å². The molecule has 24 heavy (non-hydrogen) atoms. The van der Waals surface area contributed by atoms with E-state index in [1.54, 1.807) is 18.3 Å². The molecule has 0 aliphatic carbocycles. The van der Waals surface area contributed by atoms with Gasteiger partial charge in [0.25, 0.3) is 0 Å². The molecule has 2 aromatic rings. The summed E-state index contributed by atoms with van der Waals surface area (Å²) < 4.78 is 0. The molecule has 126 valence electrons. The molecule has 1 heterocycles. The third-order valence-corrected chi connectivity index (χ3v) is 4.21. The van der Waals surface area contributed by atoms with Crippen molar-refractivity contribution in [2.75, 3.05) is 16.4 Å². The van der Waals surface area contributed by atoms with E-state index in [-0.39, 0.29) is 11.8 Å². The van der Waals surface area contributed by atoms with Gasteiger partial charge in [-0.2, -0.15) is 0 Å². The second-order valence-electron chi connectivity index (χ2n) is 5.23. The molecule has 2 N–H and O–H groups in total. The van der Waals surface area contributed by atoms with Gasteiger partial charge in [-0.15, -0.1) is 11.8 Å². The minimum Gasteiger partial charge on any atom is -0.326 e. The molecule has 1 aromatic carbocycles. The maximum Gasteiger partial charge on any atom is 0.235 e. The van der Waals surface area contributed by atoms with Crippen LogP contribution < -0.4 is 10.6 Å². The van der Waals surface area contributed by atoms with E-state index in [0.29, 0.717) is 18.0 Å². The van der Waals surface area contributed by atoms with Crippen LogP contribution in [0, 0.1) is 0 Å². The maximum absolute atomic E-state index is 11.9. The van der Waals surface area contributed by atoms with Crippen molar-refractivity contribution >= 4 is 35.1 Å². The van der Waals surface area contributed by atoms with Crippen molar-refractivity contribution in [3.8, 4) is 0 Å². The number of rotatable bonds is 8. The van der Waals surface area contributed by atoms with Crippen molar-refractivity contribution in [1.29, 1.82) is 0 Å². The zero-order valence-corrected chi connectivity index (χ0v) is 14.4. The molecule has 0 saturated heterocycles. The quantitative estimate of drug-likeness (QED) is 0.712. The molecule has 0 saturated carbocycles. The van der Waals surface area contributed by atoms with Gasteiger partial charge in [0.1, 0.15) is 5.82 Å². The van der Waals surface area contributed by atoms with Crippen LogP contribution in [0.25, 0.3) is 0 Å². The summed E-state index contributed by atoms with van der Waals surface area (Å²) in [4.78, 5) is 28.6. The Morgan fingerprint density at radius 3 is 2.50 bits per heavy atom. The molecule has 0 unspecified atom stereocenters. The number of nitrogens with zero attached hydrogens (tertiary/aromatic N) is 1. The number of hydrogen-bond donors (Lipinski definition) is 2. The average molecular weight is 343 g/mol. The fourth-order valence-corrected chi connectivity index (χ4v) is 2.66. The predicted octanol–water partition coefficient (Wildman–Crippen LogP) is 3.94. The SMILES string of the molecule is CCCCC(=O)Nc1ccc(SCC(=O)Nc2ccccn2)cc1. The molecule has 0 radical (unpaired) electrons. The first kappa shape index (κ1) is 18.0. The van der Waals surface area contributed by atoms with Crippen LogP contribution in [0.1, 0.15) is 26.2 Å². The summed E-state index contributed by atoms with van der Waals surface area (Å²) >= 11 is 1.44. The van der Waals surface area contributed by atoms with Gasteiger partial charge in [0.2, 0.25) is 11.8 Å². The number of pyridine rings is 1. The molecule has 6 heteroatoms.